The zero-order valence-corrected chi connectivity index (χ0v) is 92.1. The van der Waals surface area contributed by atoms with Gasteiger partial charge in [0.15, 0.2) is 0 Å². The average molecular weight is 2040 g/mol. The van der Waals surface area contributed by atoms with E-state index < -0.39 is 113 Å². The van der Waals surface area contributed by atoms with Crippen molar-refractivity contribution in [2.24, 2.45) is 0 Å². The van der Waals surface area contributed by atoms with Crippen molar-refractivity contribution in [2.45, 2.75) is 279 Å². The van der Waals surface area contributed by atoms with Gasteiger partial charge in [-0.1, -0.05) is 0 Å². The standard InChI is InChI=1S/C58H132Cl16O14Si15/c1-89(2,75-31-25-53-98(11,85-41-27-55-100(13,77-33-17-45-90(3,59)60)78-34-18-46-91(4,61)62)86-42-28-56-101(14,79-35-19-47-92(5,63)64)80-36-20-48-93(6,65)66)76-32-26-54-99(12,87-43-29-57-102(15,81-37-21-49-94(7,67)68)82-38-22-50-95(8,69)70)88-44-30-58-103(16,83-39-23-51-96(9,71)72)84-40-24-52-97(10,73)74/h17-58H2,1-16H3. The van der Waals surface area contributed by atoms with Crippen LogP contribution >= 0.6 is 177 Å². The Morgan fingerprint density at radius 3 is 0.320 bits per heavy atom. The molecule has 0 saturated carbocycles. The summed E-state index contributed by atoms with van der Waals surface area (Å²) in [5.41, 5.74) is 0. The lowest BCUT2D eigenvalue weighted by atomic mass is 10.5. The van der Waals surface area contributed by atoms with Gasteiger partial charge < -0.3 is 62.0 Å². The quantitative estimate of drug-likeness (QED) is 0.0325. The van der Waals surface area contributed by atoms with Crippen molar-refractivity contribution in [3.63, 3.8) is 0 Å². The van der Waals surface area contributed by atoms with Crippen molar-refractivity contribution in [1.82, 2.24) is 0 Å². The molecule has 0 aromatic rings. The second-order valence-electron chi connectivity index (χ2n) is 30.1. The first kappa shape index (κ1) is 110. The van der Waals surface area contributed by atoms with Gasteiger partial charge in [-0.3, -0.25) is 0 Å². The minimum atomic E-state index is -2.82. The van der Waals surface area contributed by atoms with Crippen LogP contribution in [0.4, 0.5) is 0 Å². The van der Waals surface area contributed by atoms with Crippen LogP contribution in [0.1, 0.15) is 89.9 Å². The van der Waals surface area contributed by atoms with Crippen LogP contribution in [0.25, 0.3) is 0 Å². The van der Waals surface area contributed by atoms with E-state index in [0.29, 0.717) is 105 Å². The van der Waals surface area contributed by atoms with Gasteiger partial charge in [0.25, 0.3) is 0 Å². The largest absolute Gasteiger partial charge is 0.395 e. The van der Waals surface area contributed by atoms with E-state index in [1.165, 1.54) is 0 Å². The molecule has 0 aromatic heterocycles. The highest BCUT2D eigenvalue weighted by Gasteiger charge is 2.41. The third-order valence-corrected chi connectivity index (χ3v) is 54.6. The summed E-state index contributed by atoms with van der Waals surface area (Å²) in [4.78, 5) is 0. The van der Waals surface area contributed by atoms with Crippen LogP contribution in [-0.4, -0.2) is 206 Å². The predicted molar refractivity (Wildman–Crippen MR) is 489 cm³/mol. The Balaban J connectivity index is 6.60. The molecule has 0 heterocycles. The predicted octanol–water partition coefficient (Wildman–Crippen LogP) is 26.2. The molecule has 0 unspecified atom stereocenters. The zero-order valence-electron chi connectivity index (χ0n) is 65.0. The Kier molecular flexibility index (Phi) is 58.5. The van der Waals surface area contributed by atoms with Gasteiger partial charge in [-0.2, -0.15) is 0 Å². The minimum Gasteiger partial charge on any atom is -0.395 e. The first-order valence-corrected chi connectivity index (χ1v) is 92.7. The molecule has 0 rings (SSSR count). The van der Waals surface area contributed by atoms with E-state index in [9.17, 15) is 0 Å². The lowest BCUT2D eigenvalue weighted by Crippen LogP contribution is -2.43. The summed E-state index contributed by atoms with van der Waals surface area (Å²) in [6.07, 6.45) is 10.4. The molecule has 0 aliphatic carbocycles. The second-order valence-corrected chi connectivity index (χ2v) is 119. The highest BCUT2D eigenvalue weighted by molar-refractivity contribution is 7.47. The van der Waals surface area contributed by atoms with Gasteiger partial charge in [0.05, 0.1) is 0 Å². The van der Waals surface area contributed by atoms with E-state index in [1.807, 2.05) is 52.4 Å². The molecular weight excluding hydrogens is 1910 g/mol. The van der Waals surface area contributed by atoms with Crippen molar-refractivity contribution in [3.8, 4) is 0 Å². The van der Waals surface area contributed by atoms with Crippen molar-refractivity contribution in [3.05, 3.63) is 0 Å². The summed E-state index contributed by atoms with van der Waals surface area (Å²) in [7, 11) is -18.9. The molecular formula is C58H132Cl16O14Si15. The van der Waals surface area contributed by atoms with Crippen LogP contribution in [-0.2, 0) is 62.0 Å². The number of rotatable bonds is 70. The van der Waals surface area contributed by atoms with Crippen molar-refractivity contribution < 1.29 is 62.0 Å². The van der Waals surface area contributed by atoms with Crippen molar-refractivity contribution in [1.29, 1.82) is 0 Å². The van der Waals surface area contributed by atoms with E-state index in [4.69, 9.17) is 239 Å². The van der Waals surface area contributed by atoms with Gasteiger partial charge in [0.2, 0.25) is 53.5 Å². The van der Waals surface area contributed by atoms with Crippen LogP contribution in [0.5, 0.6) is 0 Å². The number of halogens is 16. The second kappa shape index (κ2) is 54.6. The van der Waals surface area contributed by atoms with Gasteiger partial charge in [-0.15, -0.1) is 177 Å². The third kappa shape index (κ3) is 70.9. The van der Waals surface area contributed by atoms with E-state index in [-0.39, 0.29) is 0 Å². The van der Waals surface area contributed by atoms with Gasteiger partial charge in [0, 0.05) is 92.5 Å². The highest BCUT2D eigenvalue weighted by Crippen LogP contribution is 2.33. The zero-order chi connectivity index (χ0) is 79.1. The molecule has 0 radical (unpaired) electrons. The smallest absolute Gasteiger partial charge is 0.335 e. The maximum Gasteiger partial charge on any atom is 0.335 e. The van der Waals surface area contributed by atoms with Crippen LogP contribution in [0, 0.1) is 0 Å². The number of hydrogen-bond acceptors (Lipinski definition) is 14. The lowest BCUT2D eigenvalue weighted by Gasteiger charge is -2.31. The first-order chi connectivity index (χ1) is 46.9. The van der Waals surface area contributed by atoms with Gasteiger partial charge in [-0.25, -0.2) is 0 Å². The number of hydrogen-bond donors (Lipinski definition) is 0. The minimum absolute atomic E-state index is 0.480. The van der Waals surface area contributed by atoms with Gasteiger partial charge >= 0.3 is 59.9 Å². The fourth-order valence-electron chi connectivity index (χ4n) is 10.7. The van der Waals surface area contributed by atoms with Gasteiger partial charge in [0.1, 0.15) is 0 Å². The fraction of sp³-hybridized carbons (Fsp3) is 1.00. The van der Waals surface area contributed by atoms with E-state index in [0.717, 1.165) is 162 Å². The van der Waals surface area contributed by atoms with Crippen LogP contribution in [0.15, 0.2) is 0 Å². The highest BCUT2D eigenvalue weighted by atomic mass is 35.7. The third-order valence-electron chi connectivity index (χ3n) is 16.5. The summed E-state index contributed by atoms with van der Waals surface area (Å²) in [5.74, 6) is 0. The molecule has 0 N–H and O–H groups in total. The Bertz CT molecular complexity index is 1820. The molecule has 0 atom stereocenters. The molecule has 0 aliphatic heterocycles. The summed E-state index contributed by atoms with van der Waals surface area (Å²) in [5, 5.41) is 0. The fourth-order valence-corrected chi connectivity index (χ4v) is 38.4. The molecule has 0 bridgehead atoms. The molecule has 0 aliphatic rings. The molecule has 103 heavy (non-hydrogen) atoms. The SMILES string of the molecule is C[Si](Cl)(Cl)CCCO[Si](C)(CCCO[Si](C)(CCCO[Si](C)(C)OCCC[Si](C)(OCCC[Si](C)(OCCC[Si](C)(Cl)Cl)OCCC[Si](C)(Cl)Cl)OCCC[Si](C)(OCCC[Si](C)(Cl)Cl)OCCC[Si](C)(Cl)Cl)OCCC[Si](C)(OCCC[Si](C)(Cl)Cl)OCCC[Si](C)(Cl)Cl)OCCC[Si](C)(Cl)Cl. The van der Waals surface area contributed by atoms with E-state index in [1.54, 1.807) is 0 Å². The maximum absolute atomic E-state index is 6.92. The molecule has 0 amide bonds. The topological polar surface area (TPSA) is 129 Å². The molecule has 0 saturated heterocycles. The average Bonchev–Trinajstić information content (AvgIpc) is 0.884. The normalized spacial score (nSPS) is 14.4. The summed E-state index contributed by atoms with van der Waals surface area (Å²) < 4.78 is 93.7. The monoisotopic (exact) mass is 2030 g/mol. The Labute approximate surface area is 716 Å². The summed E-state index contributed by atoms with van der Waals surface area (Å²) >= 11 is 103. The van der Waals surface area contributed by atoms with Gasteiger partial charge in [-0.05, 0) is 279 Å². The molecule has 0 aromatic carbocycles. The lowest BCUT2D eigenvalue weighted by molar-refractivity contribution is 0.146. The Morgan fingerprint density at radius 2 is 0.223 bits per heavy atom. The molecule has 0 spiro atoms. The molecule has 0 fully saturated rings. The van der Waals surface area contributed by atoms with Crippen molar-refractivity contribution >= 4 is 291 Å². The van der Waals surface area contributed by atoms with Crippen molar-refractivity contribution in [2.75, 3.05) is 92.5 Å². The van der Waals surface area contributed by atoms with E-state index in [2.05, 4.69) is 52.4 Å². The van der Waals surface area contributed by atoms with Crippen LogP contribution < -0.4 is 0 Å². The molecule has 45 heteroatoms. The van der Waals surface area contributed by atoms with Crippen LogP contribution in [0.2, 0.25) is 189 Å². The molecule has 14 nitrogen and oxygen atoms in total. The maximum atomic E-state index is 6.92. The van der Waals surface area contributed by atoms with E-state index >= 15 is 0 Å². The van der Waals surface area contributed by atoms with Crippen LogP contribution in [0.3, 0.4) is 0 Å². The Hall–Kier alpha value is 7.33. The molecule has 620 valence electrons. The summed E-state index contributed by atoms with van der Waals surface area (Å²) in [6, 6.07) is 10.2. The first-order valence-electron chi connectivity index (χ1n) is 36.9. The summed E-state index contributed by atoms with van der Waals surface area (Å²) in [6.45, 7) is 21.2. The Morgan fingerprint density at radius 1 is 0.136 bits per heavy atom.